The van der Waals surface area contributed by atoms with Gasteiger partial charge in [0.2, 0.25) is 0 Å². The number of anilines is 1. The Bertz CT molecular complexity index is 746. The van der Waals surface area contributed by atoms with Crippen molar-refractivity contribution in [2.45, 2.75) is 26.8 Å². The number of carbonyl (C=O) groups is 1. The van der Waals surface area contributed by atoms with Crippen molar-refractivity contribution in [3.8, 4) is 0 Å². The van der Waals surface area contributed by atoms with Crippen LogP contribution in [0.4, 0.5) is 5.69 Å². The highest BCUT2D eigenvalue weighted by Crippen LogP contribution is 2.28. The molecular formula is C21H24N2O. The van der Waals surface area contributed by atoms with Gasteiger partial charge in [0.05, 0.1) is 0 Å². The Labute approximate surface area is 144 Å². The molecule has 0 radical (unpaired) electrons. The Morgan fingerprint density at radius 2 is 1.79 bits per heavy atom. The Kier molecular flexibility index (Phi) is 4.99. The zero-order valence-electron chi connectivity index (χ0n) is 14.4. The normalized spacial score (nSPS) is 13.2. The highest BCUT2D eigenvalue weighted by atomic mass is 16.1. The summed E-state index contributed by atoms with van der Waals surface area (Å²) in [5.41, 5.74) is 5.58. The van der Waals surface area contributed by atoms with Crippen LogP contribution in [0.15, 0.2) is 54.6 Å². The Hall–Kier alpha value is -2.55. The Morgan fingerprint density at radius 3 is 2.50 bits per heavy atom. The average molecular weight is 320 g/mol. The number of hydrogen-bond acceptors (Lipinski definition) is 3. The summed E-state index contributed by atoms with van der Waals surface area (Å²) in [6, 6.07) is 16.7. The summed E-state index contributed by atoms with van der Waals surface area (Å²) < 4.78 is 0. The first-order valence-electron chi connectivity index (χ1n) is 8.61. The van der Waals surface area contributed by atoms with Crippen molar-refractivity contribution in [1.82, 2.24) is 5.32 Å². The third-order valence-corrected chi connectivity index (χ3v) is 4.50. The van der Waals surface area contributed by atoms with Gasteiger partial charge in [0.25, 0.3) is 0 Å². The molecule has 0 bridgehead atoms. The molecule has 0 atom stereocenters. The number of nitrogens with zero attached hydrogens (tertiary/aromatic N) is 1. The SMILES string of the molecule is CCN(CC)c1ccc2c(c1)CC(=O)C=C2NCc1ccccc1. The van der Waals surface area contributed by atoms with Crippen LogP contribution in [-0.4, -0.2) is 18.9 Å². The van der Waals surface area contributed by atoms with Crippen molar-refractivity contribution in [3.05, 3.63) is 71.3 Å². The fourth-order valence-corrected chi connectivity index (χ4v) is 3.19. The van der Waals surface area contributed by atoms with Crippen molar-refractivity contribution in [2.24, 2.45) is 0 Å². The monoisotopic (exact) mass is 320 g/mol. The standard InChI is InChI=1S/C21H24N2O/c1-3-23(4-2)18-10-11-20-17(12-18)13-19(24)14-21(20)22-15-16-8-6-5-7-9-16/h5-12,14,22H,3-4,13,15H2,1-2H3. The van der Waals surface area contributed by atoms with Crippen molar-refractivity contribution < 1.29 is 4.79 Å². The molecule has 24 heavy (non-hydrogen) atoms. The van der Waals surface area contributed by atoms with Crippen LogP contribution < -0.4 is 10.2 Å². The molecule has 0 fully saturated rings. The third kappa shape index (κ3) is 3.51. The van der Waals surface area contributed by atoms with E-state index in [1.807, 2.05) is 18.2 Å². The number of rotatable bonds is 6. The molecular weight excluding hydrogens is 296 g/mol. The molecule has 124 valence electrons. The second kappa shape index (κ2) is 7.35. The van der Waals surface area contributed by atoms with E-state index in [0.29, 0.717) is 6.42 Å². The molecule has 0 saturated carbocycles. The van der Waals surface area contributed by atoms with Gasteiger partial charge in [-0.3, -0.25) is 4.79 Å². The van der Waals surface area contributed by atoms with Crippen LogP contribution >= 0.6 is 0 Å². The van der Waals surface area contributed by atoms with Crippen LogP contribution in [0.3, 0.4) is 0 Å². The van der Waals surface area contributed by atoms with Gasteiger partial charge in [-0.05, 0) is 37.1 Å². The quantitative estimate of drug-likeness (QED) is 0.879. The van der Waals surface area contributed by atoms with Gasteiger partial charge in [0.1, 0.15) is 0 Å². The van der Waals surface area contributed by atoms with Crippen molar-refractivity contribution in [1.29, 1.82) is 0 Å². The van der Waals surface area contributed by atoms with Crippen LogP contribution in [0.5, 0.6) is 0 Å². The van der Waals surface area contributed by atoms with Gasteiger partial charge < -0.3 is 10.2 Å². The van der Waals surface area contributed by atoms with Gasteiger partial charge in [-0.1, -0.05) is 36.4 Å². The molecule has 1 aliphatic rings. The maximum atomic E-state index is 12.1. The number of ketones is 1. The molecule has 3 heteroatoms. The topological polar surface area (TPSA) is 32.3 Å². The molecule has 0 saturated heterocycles. The number of fused-ring (bicyclic) bond motifs is 1. The molecule has 0 spiro atoms. The summed E-state index contributed by atoms with van der Waals surface area (Å²) in [5, 5.41) is 3.43. The predicted molar refractivity (Wildman–Crippen MR) is 100.0 cm³/mol. The zero-order chi connectivity index (χ0) is 16.9. The van der Waals surface area contributed by atoms with Gasteiger partial charge in [-0.15, -0.1) is 0 Å². The van der Waals surface area contributed by atoms with E-state index in [-0.39, 0.29) is 5.78 Å². The van der Waals surface area contributed by atoms with Crippen LogP contribution in [0.2, 0.25) is 0 Å². The van der Waals surface area contributed by atoms with Crippen molar-refractivity contribution >= 4 is 17.2 Å². The molecule has 2 aromatic carbocycles. The molecule has 1 N–H and O–H groups in total. The maximum absolute atomic E-state index is 12.1. The minimum absolute atomic E-state index is 0.162. The lowest BCUT2D eigenvalue weighted by atomic mass is 9.93. The summed E-state index contributed by atoms with van der Waals surface area (Å²) >= 11 is 0. The van der Waals surface area contributed by atoms with E-state index in [1.165, 1.54) is 11.3 Å². The fraction of sp³-hybridized carbons (Fsp3) is 0.286. The van der Waals surface area contributed by atoms with Gasteiger partial charge in [0, 0.05) is 49.1 Å². The molecule has 0 aromatic heterocycles. The predicted octanol–water partition coefficient (Wildman–Crippen LogP) is 3.79. The number of carbonyl (C=O) groups excluding carboxylic acids is 1. The van der Waals surface area contributed by atoms with Crippen LogP contribution in [0.1, 0.15) is 30.5 Å². The number of allylic oxidation sites excluding steroid dienone is 1. The fourth-order valence-electron chi connectivity index (χ4n) is 3.19. The van der Waals surface area contributed by atoms with Crippen LogP contribution in [0, 0.1) is 0 Å². The largest absolute Gasteiger partial charge is 0.380 e. The Morgan fingerprint density at radius 1 is 1.04 bits per heavy atom. The minimum Gasteiger partial charge on any atom is -0.380 e. The smallest absolute Gasteiger partial charge is 0.162 e. The molecule has 0 aliphatic heterocycles. The van der Waals surface area contributed by atoms with E-state index in [1.54, 1.807) is 6.08 Å². The summed E-state index contributed by atoms with van der Waals surface area (Å²) in [6.07, 6.45) is 2.23. The van der Waals surface area contributed by atoms with Gasteiger partial charge in [-0.2, -0.15) is 0 Å². The van der Waals surface area contributed by atoms with E-state index < -0.39 is 0 Å². The summed E-state index contributed by atoms with van der Waals surface area (Å²) in [7, 11) is 0. The lowest BCUT2D eigenvalue weighted by Crippen LogP contribution is -2.23. The average Bonchev–Trinajstić information content (AvgIpc) is 2.61. The minimum atomic E-state index is 0.162. The Balaban J connectivity index is 1.83. The number of benzene rings is 2. The first kappa shape index (κ1) is 16.3. The highest BCUT2D eigenvalue weighted by Gasteiger charge is 2.18. The van der Waals surface area contributed by atoms with Crippen LogP contribution in [0.25, 0.3) is 5.70 Å². The van der Waals surface area contributed by atoms with E-state index in [4.69, 9.17) is 0 Å². The van der Waals surface area contributed by atoms with E-state index in [2.05, 4.69) is 54.4 Å². The second-order valence-electron chi connectivity index (χ2n) is 6.05. The lowest BCUT2D eigenvalue weighted by molar-refractivity contribution is -0.114. The van der Waals surface area contributed by atoms with Gasteiger partial charge >= 0.3 is 0 Å². The molecule has 1 aliphatic carbocycles. The molecule has 0 heterocycles. The molecule has 0 unspecified atom stereocenters. The molecule has 0 amide bonds. The van der Waals surface area contributed by atoms with E-state index in [0.717, 1.165) is 36.5 Å². The second-order valence-corrected chi connectivity index (χ2v) is 6.05. The van der Waals surface area contributed by atoms with Crippen molar-refractivity contribution in [3.63, 3.8) is 0 Å². The molecule has 3 nitrogen and oxygen atoms in total. The summed E-state index contributed by atoms with van der Waals surface area (Å²) in [5.74, 6) is 0.162. The van der Waals surface area contributed by atoms with Gasteiger partial charge in [-0.25, -0.2) is 0 Å². The lowest BCUT2D eigenvalue weighted by Gasteiger charge is -2.25. The van der Waals surface area contributed by atoms with E-state index in [9.17, 15) is 4.79 Å². The number of nitrogens with one attached hydrogen (secondary N) is 1. The van der Waals surface area contributed by atoms with E-state index >= 15 is 0 Å². The third-order valence-electron chi connectivity index (χ3n) is 4.50. The van der Waals surface area contributed by atoms with Crippen molar-refractivity contribution in [2.75, 3.05) is 18.0 Å². The summed E-state index contributed by atoms with van der Waals surface area (Å²) in [4.78, 5) is 14.4. The highest BCUT2D eigenvalue weighted by molar-refractivity contribution is 6.01. The van der Waals surface area contributed by atoms with Crippen LogP contribution in [-0.2, 0) is 17.8 Å². The zero-order valence-corrected chi connectivity index (χ0v) is 14.4. The first-order chi connectivity index (χ1) is 11.7. The molecule has 3 rings (SSSR count). The van der Waals surface area contributed by atoms with Gasteiger partial charge in [0.15, 0.2) is 5.78 Å². The first-order valence-corrected chi connectivity index (χ1v) is 8.61. The number of hydrogen-bond donors (Lipinski definition) is 1. The molecule has 2 aromatic rings. The maximum Gasteiger partial charge on any atom is 0.162 e. The summed E-state index contributed by atoms with van der Waals surface area (Å²) in [6.45, 7) is 6.97.